The number of fused-ring (bicyclic) bond motifs is 1. The molecule has 0 aliphatic carbocycles. The van der Waals surface area contributed by atoms with Crippen LogP contribution < -0.4 is 11.1 Å². The van der Waals surface area contributed by atoms with E-state index in [9.17, 15) is 18.0 Å². The third kappa shape index (κ3) is 3.88. The lowest BCUT2D eigenvalue weighted by Crippen LogP contribution is -2.45. The second-order valence-corrected chi connectivity index (χ2v) is 9.24. The van der Waals surface area contributed by atoms with Gasteiger partial charge in [-0.3, -0.25) is 14.3 Å². The van der Waals surface area contributed by atoms with E-state index in [-0.39, 0.29) is 22.9 Å². The number of sulfonamides is 1. The van der Waals surface area contributed by atoms with E-state index >= 15 is 0 Å². The highest BCUT2D eigenvalue weighted by Gasteiger charge is 2.33. The van der Waals surface area contributed by atoms with Gasteiger partial charge in [0.05, 0.1) is 28.6 Å². The number of amides is 1. The van der Waals surface area contributed by atoms with Gasteiger partial charge in [-0.1, -0.05) is 6.07 Å². The molecule has 30 heavy (non-hydrogen) atoms. The Labute approximate surface area is 173 Å². The zero-order chi connectivity index (χ0) is 21.3. The SMILES string of the molecule is Cn1c(=O)oc2cc(S(=O)(=O)N3CCC[C@@H](C(=O)NCc4ccccn4)C3)ccc21. The van der Waals surface area contributed by atoms with Crippen LogP contribution in [0, 0.1) is 5.92 Å². The van der Waals surface area contributed by atoms with Gasteiger partial charge in [0.15, 0.2) is 5.58 Å². The van der Waals surface area contributed by atoms with Crippen LogP contribution in [0.3, 0.4) is 0 Å². The number of carbonyl (C=O) groups is 1. The Morgan fingerprint density at radius 2 is 2.13 bits per heavy atom. The molecule has 0 bridgehead atoms. The zero-order valence-electron chi connectivity index (χ0n) is 16.4. The van der Waals surface area contributed by atoms with Gasteiger partial charge in [-0.15, -0.1) is 0 Å². The van der Waals surface area contributed by atoms with Crippen molar-refractivity contribution in [2.75, 3.05) is 13.1 Å². The van der Waals surface area contributed by atoms with Crippen LogP contribution in [0.25, 0.3) is 11.1 Å². The summed E-state index contributed by atoms with van der Waals surface area (Å²) < 4.78 is 34.0. The maximum absolute atomic E-state index is 13.1. The molecule has 1 aliphatic rings. The summed E-state index contributed by atoms with van der Waals surface area (Å²) in [6.07, 6.45) is 2.86. The maximum Gasteiger partial charge on any atom is 0.419 e. The van der Waals surface area contributed by atoms with Gasteiger partial charge in [-0.2, -0.15) is 4.31 Å². The van der Waals surface area contributed by atoms with Crippen molar-refractivity contribution in [2.45, 2.75) is 24.3 Å². The van der Waals surface area contributed by atoms with Gasteiger partial charge in [0.2, 0.25) is 15.9 Å². The first-order valence-corrected chi connectivity index (χ1v) is 11.1. The predicted molar refractivity (Wildman–Crippen MR) is 109 cm³/mol. The molecule has 4 rings (SSSR count). The number of carbonyl (C=O) groups excluding carboxylic acids is 1. The molecule has 3 aromatic rings. The Morgan fingerprint density at radius 3 is 2.90 bits per heavy atom. The highest BCUT2D eigenvalue weighted by Crippen LogP contribution is 2.26. The number of aryl methyl sites for hydroxylation is 1. The molecule has 1 N–H and O–H groups in total. The highest BCUT2D eigenvalue weighted by atomic mass is 32.2. The molecule has 3 heterocycles. The number of benzene rings is 1. The quantitative estimate of drug-likeness (QED) is 0.651. The molecule has 0 unspecified atom stereocenters. The molecule has 2 aromatic heterocycles. The lowest BCUT2D eigenvalue weighted by atomic mass is 9.99. The molecule has 10 heteroatoms. The third-order valence-corrected chi connectivity index (χ3v) is 7.19. The fourth-order valence-corrected chi connectivity index (χ4v) is 5.16. The Morgan fingerprint density at radius 1 is 1.30 bits per heavy atom. The van der Waals surface area contributed by atoms with Gasteiger partial charge < -0.3 is 9.73 Å². The van der Waals surface area contributed by atoms with Gasteiger partial charge in [0.1, 0.15) is 0 Å². The number of nitrogens with zero attached hydrogens (tertiary/aromatic N) is 3. The largest absolute Gasteiger partial charge is 0.419 e. The van der Waals surface area contributed by atoms with Crippen LogP contribution in [0.1, 0.15) is 18.5 Å². The zero-order valence-corrected chi connectivity index (χ0v) is 17.3. The molecule has 1 fully saturated rings. The average Bonchev–Trinajstić information content (AvgIpc) is 3.06. The fraction of sp³-hybridized carbons (Fsp3) is 0.350. The number of piperidine rings is 1. The minimum absolute atomic E-state index is 0.0406. The lowest BCUT2D eigenvalue weighted by Gasteiger charge is -2.31. The van der Waals surface area contributed by atoms with Crippen LogP contribution in [0.15, 0.2) is 56.7 Å². The number of rotatable bonds is 5. The lowest BCUT2D eigenvalue weighted by molar-refractivity contribution is -0.126. The van der Waals surface area contributed by atoms with Gasteiger partial charge in [0, 0.05) is 32.4 Å². The van der Waals surface area contributed by atoms with Crippen molar-refractivity contribution in [2.24, 2.45) is 13.0 Å². The Kier molecular flexibility index (Phi) is 5.44. The summed E-state index contributed by atoms with van der Waals surface area (Å²) in [5, 5.41) is 2.84. The Hall–Kier alpha value is -2.98. The van der Waals surface area contributed by atoms with Crippen LogP contribution >= 0.6 is 0 Å². The fourth-order valence-electron chi connectivity index (χ4n) is 3.62. The standard InChI is InChI=1S/C20H22N4O5S/c1-23-17-8-7-16(11-18(17)29-20(23)26)30(27,28)24-10-4-5-14(13-24)19(25)22-12-15-6-2-3-9-21-15/h2-3,6-9,11,14H,4-5,10,12-13H2,1H3,(H,22,25)/t14-/m1/s1. The van der Waals surface area contributed by atoms with Crippen molar-refractivity contribution in [3.8, 4) is 0 Å². The summed E-state index contributed by atoms with van der Waals surface area (Å²) in [5.41, 5.74) is 1.47. The molecule has 9 nitrogen and oxygen atoms in total. The van der Waals surface area contributed by atoms with Crippen molar-refractivity contribution < 1.29 is 17.6 Å². The van der Waals surface area contributed by atoms with E-state index in [0.29, 0.717) is 31.4 Å². The predicted octanol–water partition coefficient (Wildman–Crippen LogP) is 1.24. The molecule has 1 atom stereocenters. The van der Waals surface area contributed by atoms with Crippen LogP contribution in [0.4, 0.5) is 0 Å². The molecule has 158 valence electrons. The number of aromatic nitrogens is 2. The Balaban J connectivity index is 1.49. The summed E-state index contributed by atoms with van der Waals surface area (Å²) >= 11 is 0. The molecule has 0 spiro atoms. The maximum atomic E-state index is 13.1. The summed E-state index contributed by atoms with van der Waals surface area (Å²) in [7, 11) is -2.26. The van der Waals surface area contributed by atoms with E-state index in [1.54, 1.807) is 25.4 Å². The molecule has 1 aromatic carbocycles. The van der Waals surface area contributed by atoms with Crippen LogP contribution in [0.5, 0.6) is 0 Å². The number of oxazole rings is 1. The molecule has 1 saturated heterocycles. The number of hydrogen-bond acceptors (Lipinski definition) is 6. The van der Waals surface area contributed by atoms with E-state index in [2.05, 4.69) is 10.3 Å². The van der Waals surface area contributed by atoms with Crippen molar-refractivity contribution in [3.63, 3.8) is 0 Å². The van der Waals surface area contributed by atoms with E-state index in [1.807, 2.05) is 12.1 Å². The number of pyridine rings is 1. The van der Waals surface area contributed by atoms with Gasteiger partial charge in [-0.25, -0.2) is 13.2 Å². The van der Waals surface area contributed by atoms with E-state index in [1.165, 1.54) is 21.0 Å². The average molecular weight is 430 g/mol. The smallest absolute Gasteiger partial charge is 0.408 e. The molecule has 0 saturated carbocycles. The molecular weight excluding hydrogens is 408 g/mol. The second-order valence-electron chi connectivity index (χ2n) is 7.30. The third-order valence-electron chi connectivity index (χ3n) is 5.33. The minimum Gasteiger partial charge on any atom is -0.408 e. The van der Waals surface area contributed by atoms with Crippen molar-refractivity contribution in [1.29, 1.82) is 0 Å². The summed E-state index contributed by atoms with van der Waals surface area (Å²) in [5.74, 6) is -1.18. The van der Waals surface area contributed by atoms with Crippen LogP contribution in [0.2, 0.25) is 0 Å². The van der Waals surface area contributed by atoms with Gasteiger partial charge in [-0.05, 0) is 37.1 Å². The van der Waals surface area contributed by atoms with Crippen molar-refractivity contribution >= 4 is 27.0 Å². The molecule has 1 aliphatic heterocycles. The van der Waals surface area contributed by atoms with Crippen molar-refractivity contribution in [3.05, 3.63) is 58.8 Å². The first kappa shape index (κ1) is 20.3. The van der Waals surface area contributed by atoms with E-state index in [4.69, 9.17) is 4.42 Å². The summed E-state index contributed by atoms with van der Waals surface area (Å²) in [6.45, 7) is 0.739. The monoisotopic (exact) mass is 430 g/mol. The normalized spacial score (nSPS) is 17.8. The molecule has 0 radical (unpaired) electrons. The summed E-state index contributed by atoms with van der Waals surface area (Å²) in [4.78, 5) is 28.5. The minimum atomic E-state index is -3.82. The van der Waals surface area contributed by atoms with Crippen LogP contribution in [-0.2, 0) is 28.4 Å². The molecular formula is C20H22N4O5S. The van der Waals surface area contributed by atoms with Crippen LogP contribution in [-0.4, -0.2) is 41.3 Å². The second kappa shape index (κ2) is 8.04. The van der Waals surface area contributed by atoms with Crippen molar-refractivity contribution in [1.82, 2.24) is 19.2 Å². The first-order chi connectivity index (χ1) is 14.4. The van der Waals surface area contributed by atoms with Gasteiger partial charge in [0.25, 0.3) is 0 Å². The summed E-state index contributed by atoms with van der Waals surface area (Å²) in [6, 6.07) is 9.82. The van der Waals surface area contributed by atoms with E-state index in [0.717, 1.165) is 5.69 Å². The van der Waals surface area contributed by atoms with Gasteiger partial charge >= 0.3 is 5.76 Å². The Bertz CT molecular complexity index is 1230. The highest BCUT2D eigenvalue weighted by molar-refractivity contribution is 7.89. The molecule has 1 amide bonds. The number of nitrogens with one attached hydrogen (secondary N) is 1. The first-order valence-electron chi connectivity index (χ1n) is 9.63. The van der Waals surface area contributed by atoms with E-state index < -0.39 is 21.7 Å². The topological polar surface area (TPSA) is 115 Å². The number of hydrogen-bond donors (Lipinski definition) is 1.